The highest BCUT2D eigenvalue weighted by molar-refractivity contribution is 8.04. The van der Waals surface area contributed by atoms with Gasteiger partial charge in [0.2, 0.25) is 5.91 Å². The molecular weight excluding hydrogens is 346 g/mol. The van der Waals surface area contributed by atoms with Crippen LogP contribution in [-0.4, -0.2) is 55.9 Å². The molecule has 2 aliphatic rings. The van der Waals surface area contributed by atoms with Gasteiger partial charge in [-0.05, 0) is 24.6 Å². The number of aliphatic carboxylic acids is 1. The second-order valence-corrected chi connectivity index (χ2v) is 13.8. The summed E-state index contributed by atoms with van der Waals surface area (Å²) in [5.41, 5.74) is 0.0819. The third-order valence-electron chi connectivity index (χ3n) is 5.10. The number of β-lactam (4-membered cyclic amide) rings is 1. The first-order chi connectivity index (χ1) is 11.0. The Morgan fingerprint density at radius 2 is 2.00 bits per heavy atom. The van der Waals surface area contributed by atoms with Crippen LogP contribution in [-0.2, 0) is 18.8 Å². The van der Waals surface area contributed by atoms with Crippen molar-refractivity contribution in [3.05, 3.63) is 10.6 Å². The normalized spacial score (nSPS) is 24.2. The van der Waals surface area contributed by atoms with Gasteiger partial charge >= 0.3 is 5.97 Å². The predicted molar refractivity (Wildman–Crippen MR) is 96.0 cm³/mol. The van der Waals surface area contributed by atoms with E-state index in [1.54, 1.807) is 0 Å². The summed E-state index contributed by atoms with van der Waals surface area (Å²) in [5.74, 6) is -1.36. The molecule has 2 aliphatic heterocycles. The van der Waals surface area contributed by atoms with E-state index in [0.717, 1.165) is 0 Å². The number of amides is 1. The number of thioether (sulfide) groups is 1. The van der Waals surface area contributed by atoms with Crippen molar-refractivity contribution in [3.63, 3.8) is 0 Å². The van der Waals surface area contributed by atoms with Crippen LogP contribution in [0.1, 0.15) is 27.2 Å². The molecule has 0 saturated carbocycles. The van der Waals surface area contributed by atoms with E-state index in [4.69, 9.17) is 9.16 Å². The largest absolute Gasteiger partial charge is 0.477 e. The van der Waals surface area contributed by atoms with Gasteiger partial charge in [-0.2, -0.15) is 0 Å². The molecule has 1 amide bonds. The second kappa shape index (κ2) is 6.82. The van der Waals surface area contributed by atoms with Crippen molar-refractivity contribution in [1.82, 2.24) is 4.90 Å². The molecule has 2 rings (SSSR count). The molecule has 2 heterocycles. The number of ether oxygens (including phenoxy) is 1. The number of methoxy groups -OCH3 is 1. The molecule has 0 bridgehead atoms. The Labute approximate surface area is 148 Å². The molecule has 0 unspecified atom stereocenters. The van der Waals surface area contributed by atoms with Gasteiger partial charge in [-0.15, -0.1) is 0 Å². The zero-order chi connectivity index (χ0) is 18.3. The van der Waals surface area contributed by atoms with Crippen LogP contribution >= 0.6 is 11.8 Å². The number of hydrogen-bond donors (Lipinski definition) is 1. The standard InChI is InChI=1S/C16H27NO5SSi/c1-16(2,3)24(5,6)22-8-7-10-13(18)17-12(15(19)20)11(9-21-4)23-14(10)17/h10,14H,7-9H2,1-6H3,(H,19,20)/t10-,14+/m0/s1. The summed E-state index contributed by atoms with van der Waals surface area (Å²) in [6.07, 6.45) is 0.632. The maximum atomic E-state index is 12.4. The molecule has 1 fully saturated rings. The molecule has 0 aliphatic carbocycles. The Bertz CT molecular complexity index is 569. The van der Waals surface area contributed by atoms with Crippen LogP contribution in [0.5, 0.6) is 0 Å². The Balaban J connectivity index is 1.96. The van der Waals surface area contributed by atoms with Crippen LogP contribution < -0.4 is 0 Å². The number of fused-ring (bicyclic) bond motifs is 1. The summed E-state index contributed by atoms with van der Waals surface area (Å²) in [4.78, 5) is 25.9. The number of carbonyl (C=O) groups excluding carboxylic acids is 1. The lowest BCUT2D eigenvalue weighted by Crippen LogP contribution is -2.57. The fraction of sp³-hybridized carbons (Fsp3) is 0.750. The van der Waals surface area contributed by atoms with E-state index in [1.807, 2.05) is 0 Å². The number of carboxylic acid groups (broad SMARTS) is 1. The van der Waals surface area contributed by atoms with Crippen molar-refractivity contribution in [1.29, 1.82) is 0 Å². The minimum atomic E-state index is -1.83. The number of carbonyl (C=O) groups is 2. The summed E-state index contributed by atoms with van der Waals surface area (Å²) < 4.78 is 11.2. The second-order valence-electron chi connectivity index (χ2n) is 7.73. The molecule has 24 heavy (non-hydrogen) atoms. The molecule has 6 nitrogen and oxygen atoms in total. The van der Waals surface area contributed by atoms with Crippen LogP contribution in [0.2, 0.25) is 18.1 Å². The van der Waals surface area contributed by atoms with E-state index in [9.17, 15) is 14.7 Å². The van der Waals surface area contributed by atoms with E-state index >= 15 is 0 Å². The summed E-state index contributed by atoms with van der Waals surface area (Å²) in [7, 11) is -0.307. The smallest absolute Gasteiger partial charge is 0.353 e. The van der Waals surface area contributed by atoms with Crippen LogP contribution in [0.25, 0.3) is 0 Å². The molecule has 2 atom stereocenters. The van der Waals surface area contributed by atoms with E-state index in [2.05, 4.69) is 33.9 Å². The van der Waals surface area contributed by atoms with Crippen molar-refractivity contribution < 1.29 is 23.9 Å². The molecule has 0 spiro atoms. The monoisotopic (exact) mass is 373 g/mol. The first-order valence-corrected chi connectivity index (χ1v) is 11.9. The van der Waals surface area contributed by atoms with Crippen molar-refractivity contribution >= 4 is 32.0 Å². The van der Waals surface area contributed by atoms with Gasteiger partial charge in [0, 0.05) is 18.6 Å². The maximum Gasteiger partial charge on any atom is 0.353 e. The molecule has 8 heteroatoms. The lowest BCUT2D eigenvalue weighted by Gasteiger charge is -2.43. The molecule has 0 aromatic heterocycles. The number of hydrogen-bond acceptors (Lipinski definition) is 5. The van der Waals surface area contributed by atoms with Crippen molar-refractivity contribution in [2.75, 3.05) is 20.3 Å². The topological polar surface area (TPSA) is 76.1 Å². The first kappa shape index (κ1) is 19.5. The summed E-state index contributed by atoms with van der Waals surface area (Å²) in [6.45, 7) is 11.7. The Kier molecular flexibility index (Phi) is 5.54. The van der Waals surface area contributed by atoms with Crippen molar-refractivity contribution in [2.45, 2.75) is 50.7 Å². The average Bonchev–Trinajstić information content (AvgIpc) is 2.78. The molecule has 1 N–H and O–H groups in total. The van der Waals surface area contributed by atoms with Crippen LogP contribution in [0, 0.1) is 5.92 Å². The number of rotatable bonds is 7. The highest BCUT2D eigenvalue weighted by Crippen LogP contribution is 2.50. The third-order valence-corrected chi connectivity index (χ3v) is 11.0. The Morgan fingerprint density at radius 3 is 2.50 bits per heavy atom. The quantitative estimate of drug-likeness (QED) is 0.546. The third kappa shape index (κ3) is 3.42. The molecule has 1 saturated heterocycles. The molecular formula is C16H27NO5SSi. The lowest BCUT2D eigenvalue weighted by molar-refractivity contribution is -0.152. The summed E-state index contributed by atoms with van der Waals surface area (Å²) in [6, 6.07) is 0. The van der Waals surface area contributed by atoms with Crippen LogP contribution in [0.4, 0.5) is 0 Å². The van der Waals surface area contributed by atoms with Gasteiger partial charge in [0.25, 0.3) is 0 Å². The van der Waals surface area contributed by atoms with Crippen molar-refractivity contribution in [2.24, 2.45) is 5.92 Å². The summed E-state index contributed by atoms with van der Waals surface area (Å²) >= 11 is 1.43. The highest BCUT2D eigenvalue weighted by Gasteiger charge is 2.55. The fourth-order valence-electron chi connectivity index (χ4n) is 2.61. The Hall–Kier alpha value is -0.833. The van der Waals surface area contributed by atoms with E-state index in [-0.39, 0.29) is 34.5 Å². The summed E-state index contributed by atoms with van der Waals surface area (Å²) in [5, 5.41) is 9.37. The maximum absolute atomic E-state index is 12.4. The molecule has 0 aromatic rings. The number of nitrogens with zero attached hydrogens (tertiary/aromatic N) is 1. The van der Waals surface area contributed by atoms with Crippen LogP contribution in [0.15, 0.2) is 10.6 Å². The van der Waals surface area contributed by atoms with Crippen molar-refractivity contribution in [3.8, 4) is 0 Å². The van der Waals surface area contributed by atoms with Gasteiger partial charge in [-0.1, -0.05) is 32.5 Å². The lowest BCUT2D eigenvalue weighted by atomic mass is 9.94. The minimum Gasteiger partial charge on any atom is -0.477 e. The first-order valence-electron chi connectivity index (χ1n) is 8.10. The number of carboxylic acids is 1. The highest BCUT2D eigenvalue weighted by atomic mass is 32.2. The molecule has 136 valence electrons. The van der Waals surface area contributed by atoms with E-state index < -0.39 is 14.3 Å². The fourth-order valence-corrected chi connectivity index (χ4v) is 5.18. The molecule has 0 radical (unpaired) electrons. The van der Waals surface area contributed by atoms with E-state index in [1.165, 1.54) is 23.8 Å². The van der Waals surface area contributed by atoms with Gasteiger partial charge in [0.1, 0.15) is 5.70 Å². The Morgan fingerprint density at radius 1 is 1.38 bits per heavy atom. The predicted octanol–water partition coefficient (Wildman–Crippen LogP) is 2.87. The zero-order valence-electron chi connectivity index (χ0n) is 15.2. The zero-order valence-corrected chi connectivity index (χ0v) is 17.0. The van der Waals surface area contributed by atoms with Crippen LogP contribution in [0.3, 0.4) is 0 Å². The van der Waals surface area contributed by atoms with E-state index in [0.29, 0.717) is 17.9 Å². The van der Waals surface area contributed by atoms with Gasteiger partial charge in [-0.25, -0.2) is 4.79 Å². The van der Waals surface area contributed by atoms with Gasteiger partial charge < -0.3 is 14.3 Å². The van der Waals surface area contributed by atoms with Gasteiger partial charge in [0.15, 0.2) is 8.32 Å². The molecule has 0 aromatic carbocycles. The van der Waals surface area contributed by atoms with Gasteiger partial charge in [-0.3, -0.25) is 9.69 Å². The average molecular weight is 374 g/mol. The SMILES string of the molecule is COCC1=C(C(=O)O)N2C(=O)[C@H](CCO[Si](C)(C)C(C)(C)C)[C@H]2S1. The minimum absolute atomic E-state index is 0.0819. The van der Waals surface area contributed by atoms with Gasteiger partial charge in [0.05, 0.1) is 17.9 Å².